The molecular weight excluding hydrogens is 446 g/mol. The summed E-state index contributed by atoms with van der Waals surface area (Å²) in [5.41, 5.74) is -2.46. The van der Waals surface area contributed by atoms with Crippen LogP contribution >= 0.6 is 27.7 Å². The highest BCUT2D eigenvalue weighted by atomic mass is 79.9. The third-order valence-corrected chi connectivity index (χ3v) is 4.42. The Morgan fingerprint density at radius 3 is 1.85 bits per heavy atom. The lowest BCUT2D eigenvalue weighted by molar-refractivity contribution is -0.143. The number of hydrogen-bond acceptors (Lipinski definition) is 2. The fourth-order valence-corrected chi connectivity index (χ4v) is 2.88. The second-order valence-corrected chi connectivity index (χ2v) is 6.93. The van der Waals surface area contributed by atoms with Gasteiger partial charge in [0.05, 0.1) is 11.1 Å². The number of benzene rings is 2. The number of thioether (sulfide) groups is 1. The van der Waals surface area contributed by atoms with Crippen molar-refractivity contribution in [3.63, 3.8) is 0 Å². The molecule has 0 heterocycles. The monoisotopic (exact) mass is 454 g/mol. The van der Waals surface area contributed by atoms with Gasteiger partial charge in [0.1, 0.15) is 0 Å². The maximum Gasteiger partial charge on any atom is 0.416 e. The summed E-state index contributed by atoms with van der Waals surface area (Å²) in [6.45, 7) is 0. The molecule has 9 heteroatoms. The fraction of sp³-hybridized carbons (Fsp3) is 0.118. The summed E-state index contributed by atoms with van der Waals surface area (Å²) in [5.74, 6) is -0.423. The molecule has 0 spiro atoms. The summed E-state index contributed by atoms with van der Waals surface area (Å²) in [4.78, 5) is 11.7. The standard InChI is InChI=1S/C17H9BrF6OS/c18-13-3-1-10(2-4-13)15(25)5-6-26-14-8-11(16(19,20)21)7-12(9-14)17(22,23)24/h1-9H/b6-5+. The van der Waals surface area contributed by atoms with Crippen molar-refractivity contribution in [2.45, 2.75) is 17.2 Å². The van der Waals surface area contributed by atoms with Crippen LogP contribution in [0.4, 0.5) is 26.3 Å². The lowest BCUT2D eigenvalue weighted by Crippen LogP contribution is -2.10. The average Bonchev–Trinajstić information content (AvgIpc) is 2.53. The Morgan fingerprint density at radius 1 is 0.885 bits per heavy atom. The number of alkyl halides is 6. The molecule has 0 fully saturated rings. The van der Waals surface area contributed by atoms with Crippen LogP contribution in [0.5, 0.6) is 0 Å². The van der Waals surface area contributed by atoms with E-state index in [-0.39, 0.29) is 11.0 Å². The van der Waals surface area contributed by atoms with Crippen molar-refractivity contribution in [1.29, 1.82) is 0 Å². The van der Waals surface area contributed by atoms with Crippen LogP contribution in [0.2, 0.25) is 0 Å². The van der Waals surface area contributed by atoms with E-state index in [4.69, 9.17) is 0 Å². The topological polar surface area (TPSA) is 17.1 Å². The molecule has 2 aromatic rings. The molecule has 0 saturated heterocycles. The lowest BCUT2D eigenvalue weighted by Gasteiger charge is -2.13. The summed E-state index contributed by atoms with van der Waals surface area (Å²) in [6.07, 6.45) is -8.73. The van der Waals surface area contributed by atoms with E-state index in [0.29, 0.717) is 29.5 Å². The Morgan fingerprint density at radius 2 is 1.38 bits per heavy atom. The van der Waals surface area contributed by atoms with Crippen molar-refractivity contribution in [3.8, 4) is 0 Å². The molecule has 2 aromatic carbocycles. The van der Waals surface area contributed by atoms with Gasteiger partial charge < -0.3 is 0 Å². The average molecular weight is 455 g/mol. The molecule has 0 N–H and O–H groups in total. The van der Waals surface area contributed by atoms with Gasteiger partial charge in [0, 0.05) is 14.9 Å². The van der Waals surface area contributed by atoms with E-state index < -0.39 is 29.3 Å². The first-order valence-corrected chi connectivity index (χ1v) is 8.56. The van der Waals surface area contributed by atoms with Crippen molar-refractivity contribution in [1.82, 2.24) is 0 Å². The molecule has 0 aliphatic carbocycles. The second kappa shape index (κ2) is 7.87. The van der Waals surface area contributed by atoms with Gasteiger partial charge in [-0.2, -0.15) is 26.3 Å². The van der Waals surface area contributed by atoms with Crippen LogP contribution in [0.3, 0.4) is 0 Å². The largest absolute Gasteiger partial charge is 0.416 e. The summed E-state index contributed by atoms with van der Waals surface area (Å²) in [6, 6.07) is 7.61. The van der Waals surface area contributed by atoms with E-state index >= 15 is 0 Å². The molecule has 0 bridgehead atoms. The van der Waals surface area contributed by atoms with E-state index in [0.717, 1.165) is 16.0 Å². The van der Waals surface area contributed by atoms with Gasteiger partial charge in [-0.15, -0.1) is 0 Å². The van der Waals surface area contributed by atoms with E-state index in [2.05, 4.69) is 15.9 Å². The number of allylic oxidation sites excluding steroid dienone is 1. The van der Waals surface area contributed by atoms with Crippen LogP contribution in [0, 0.1) is 0 Å². The highest BCUT2D eigenvalue weighted by Crippen LogP contribution is 2.38. The van der Waals surface area contributed by atoms with Gasteiger partial charge in [0.2, 0.25) is 0 Å². The molecule has 0 amide bonds. The maximum absolute atomic E-state index is 12.8. The van der Waals surface area contributed by atoms with Gasteiger partial charge >= 0.3 is 12.4 Å². The Kier molecular flexibility index (Phi) is 6.23. The first-order chi connectivity index (χ1) is 12.0. The Hall–Kier alpha value is -1.74. The van der Waals surface area contributed by atoms with E-state index in [1.165, 1.54) is 12.1 Å². The van der Waals surface area contributed by atoms with Crippen LogP contribution in [0.1, 0.15) is 21.5 Å². The summed E-state index contributed by atoms with van der Waals surface area (Å²) >= 11 is 3.80. The Bertz CT molecular complexity index is 792. The van der Waals surface area contributed by atoms with Crippen molar-refractivity contribution >= 4 is 33.5 Å². The maximum atomic E-state index is 12.8. The molecular formula is C17H9BrF6OS. The van der Waals surface area contributed by atoms with Crippen molar-refractivity contribution in [3.05, 3.63) is 75.1 Å². The number of halogens is 7. The molecule has 138 valence electrons. The van der Waals surface area contributed by atoms with Gasteiger partial charge in [-0.05, 0) is 53.9 Å². The zero-order valence-electron chi connectivity index (χ0n) is 12.7. The molecule has 0 radical (unpaired) electrons. The first kappa shape index (κ1) is 20.6. The molecule has 0 aliphatic rings. The van der Waals surface area contributed by atoms with E-state index in [1.54, 1.807) is 12.1 Å². The smallest absolute Gasteiger partial charge is 0.289 e. The van der Waals surface area contributed by atoms with Crippen LogP contribution in [0.25, 0.3) is 0 Å². The molecule has 2 rings (SSSR count). The van der Waals surface area contributed by atoms with E-state index in [1.807, 2.05) is 0 Å². The summed E-state index contributed by atoms with van der Waals surface area (Å²) in [5, 5.41) is 1.15. The zero-order valence-corrected chi connectivity index (χ0v) is 15.1. The predicted molar refractivity (Wildman–Crippen MR) is 89.9 cm³/mol. The highest BCUT2D eigenvalue weighted by Gasteiger charge is 2.36. The van der Waals surface area contributed by atoms with Gasteiger partial charge in [-0.25, -0.2) is 0 Å². The van der Waals surface area contributed by atoms with Crippen molar-refractivity contribution in [2.75, 3.05) is 0 Å². The van der Waals surface area contributed by atoms with Crippen LogP contribution in [0.15, 0.2) is 63.3 Å². The second-order valence-electron chi connectivity index (χ2n) is 5.03. The highest BCUT2D eigenvalue weighted by molar-refractivity contribution is 9.10. The van der Waals surface area contributed by atoms with Crippen LogP contribution < -0.4 is 0 Å². The number of carbonyl (C=O) groups excluding carboxylic acids is 1. The molecule has 0 unspecified atom stereocenters. The number of hydrogen-bond donors (Lipinski definition) is 0. The third kappa shape index (κ3) is 5.63. The van der Waals surface area contributed by atoms with Gasteiger partial charge in [0.15, 0.2) is 5.78 Å². The summed E-state index contributed by atoms with van der Waals surface area (Å²) in [7, 11) is 0. The first-order valence-electron chi connectivity index (χ1n) is 6.89. The Balaban J connectivity index is 2.23. The minimum absolute atomic E-state index is 0.0563. The minimum atomic E-state index is -4.91. The lowest BCUT2D eigenvalue weighted by atomic mass is 10.1. The van der Waals surface area contributed by atoms with Gasteiger partial charge in [-0.3, -0.25) is 4.79 Å². The molecule has 1 nitrogen and oxygen atoms in total. The van der Waals surface area contributed by atoms with Crippen LogP contribution in [-0.2, 0) is 12.4 Å². The van der Waals surface area contributed by atoms with E-state index in [9.17, 15) is 31.1 Å². The normalized spacial score (nSPS) is 12.6. The van der Waals surface area contributed by atoms with Gasteiger partial charge in [-0.1, -0.05) is 27.7 Å². The fourth-order valence-electron chi connectivity index (χ4n) is 1.88. The number of carbonyl (C=O) groups is 1. The SMILES string of the molecule is O=C(/C=C/Sc1cc(C(F)(F)F)cc(C(F)(F)F)c1)c1ccc(Br)cc1. The minimum Gasteiger partial charge on any atom is -0.289 e. The molecule has 0 aliphatic heterocycles. The molecule has 0 saturated carbocycles. The Labute approximate surface area is 157 Å². The zero-order chi connectivity index (χ0) is 19.5. The quantitative estimate of drug-likeness (QED) is 0.214. The third-order valence-electron chi connectivity index (χ3n) is 3.11. The number of ketones is 1. The van der Waals surface area contributed by atoms with Gasteiger partial charge in [0.25, 0.3) is 0 Å². The van der Waals surface area contributed by atoms with Crippen molar-refractivity contribution < 1.29 is 31.1 Å². The number of rotatable bonds is 4. The van der Waals surface area contributed by atoms with Crippen LogP contribution in [-0.4, -0.2) is 5.78 Å². The molecule has 0 atom stereocenters. The predicted octanol–water partition coefficient (Wildman–Crippen LogP) is 6.98. The molecule has 0 aromatic heterocycles. The molecule has 26 heavy (non-hydrogen) atoms. The van der Waals surface area contributed by atoms with Crippen molar-refractivity contribution in [2.24, 2.45) is 0 Å². The summed E-state index contributed by atoms with van der Waals surface area (Å²) < 4.78 is 77.5.